The minimum atomic E-state index is -0.101. The van der Waals surface area contributed by atoms with Crippen LogP contribution in [0.1, 0.15) is 22.5 Å². The molecule has 0 spiro atoms. The number of amides is 1. The van der Waals surface area contributed by atoms with Crippen molar-refractivity contribution >= 4 is 5.91 Å². The summed E-state index contributed by atoms with van der Waals surface area (Å²) >= 11 is 0. The van der Waals surface area contributed by atoms with E-state index in [2.05, 4.69) is 10.3 Å². The second-order valence-electron chi connectivity index (χ2n) is 5.18. The number of carbonyl (C=O) groups excluding carboxylic acids is 1. The summed E-state index contributed by atoms with van der Waals surface area (Å²) in [7, 11) is 0. The van der Waals surface area contributed by atoms with Crippen LogP contribution in [-0.2, 0) is 0 Å². The van der Waals surface area contributed by atoms with Gasteiger partial charge in [0.1, 0.15) is 0 Å². The van der Waals surface area contributed by atoms with E-state index in [9.17, 15) is 4.79 Å². The van der Waals surface area contributed by atoms with Crippen molar-refractivity contribution in [3.05, 3.63) is 41.7 Å². The first-order valence-electron chi connectivity index (χ1n) is 6.68. The van der Waals surface area contributed by atoms with Gasteiger partial charge in [-0.15, -0.1) is 5.10 Å². The third kappa shape index (κ3) is 2.42. The van der Waals surface area contributed by atoms with Crippen LogP contribution in [0.2, 0.25) is 0 Å². The molecule has 0 aliphatic carbocycles. The maximum Gasteiger partial charge on any atom is 0.276 e. The van der Waals surface area contributed by atoms with Gasteiger partial charge >= 0.3 is 0 Å². The molecule has 1 amide bonds. The number of hydrogen-bond donors (Lipinski definition) is 1. The summed E-state index contributed by atoms with van der Waals surface area (Å²) in [4.78, 5) is 14.0. The van der Waals surface area contributed by atoms with Crippen LogP contribution in [0.25, 0.3) is 5.69 Å². The number of hydrogen-bond acceptors (Lipinski definition) is 4. The maximum atomic E-state index is 12.2. The van der Waals surface area contributed by atoms with Crippen molar-refractivity contribution < 1.29 is 4.79 Å². The molecule has 0 saturated carbocycles. The monoisotopic (exact) mass is 271 g/mol. The predicted molar refractivity (Wildman–Crippen MR) is 74.6 cm³/mol. The molecule has 1 aliphatic heterocycles. The smallest absolute Gasteiger partial charge is 0.276 e. The Morgan fingerprint density at radius 3 is 2.75 bits per heavy atom. The molecule has 1 aromatic heterocycles. The van der Waals surface area contributed by atoms with E-state index < -0.39 is 0 Å². The number of carbonyl (C=O) groups is 1. The standard InChI is InChI=1S/C14H17N5O/c1-10-2-4-12(5-3-10)19-9-13(16-17-19)14(20)18-7-6-11(15)8-18/h2-5,9,11H,6-8,15H2,1H3/t11-/m0/s1. The van der Waals surface area contributed by atoms with E-state index in [0.717, 1.165) is 12.1 Å². The topological polar surface area (TPSA) is 77.0 Å². The molecule has 6 heteroatoms. The van der Waals surface area contributed by atoms with Gasteiger partial charge in [0.2, 0.25) is 0 Å². The van der Waals surface area contributed by atoms with Crippen molar-refractivity contribution in [1.82, 2.24) is 19.9 Å². The first-order valence-corrected chi connectivity index (χ1v) is 6.68. The third-order valence-corrected chi connectivity index (χ3v) is 3.52. The van der Waals surface area contributed by atoms with E-state index >= 15 is 0 Å². The fourth-order valence-corrected chi connectivity index (χ4v) is 2.32. The van der Waals surface area contributed by atoms with Crippen molar-refractivity contribution in [1.29, 1.82) is 0 Å². The lowest BCUT2D eigenvalue weighted by atomic mass is 10.2. The van der Waals surface area contributed by atoms with E-state index in [0.29, 0.717) is 18.8 Å². The summed E-state index contributed by atoms with van der Waals surface area (Å²) in [5.41, 5.74) is 8.24. The van der Waals surface area contributed by atoms with Crippen LogP contribution in [0.5, 0.6) is 0 Å². The van der Waals surface area contributed by atoms with E-state index in [1.807, 2.05) is 31.2 Å². The van der Waals surface area contributed by atoms with E-state index in [-0.39, 0.29) is 11.9 Å². The van der Waals surface area contributed by atoms with Gasteiger partial charge in [-0.1, -0.05) is 22.9 Å². The molecule has 20 heavy (non-hydrogen) atoms. The molecule has 1 aromatic carbocycles. The number of aromatic nitrogens is 3. The van der Waals surface area contributed by atoms with Crippen LogP contribution in [0.3, 0.4) is 0 Å². The lowest BCUT2D eigenvalue weighted by Crippen LogP contribution is -2.32. The molecule has 2 N–H and O–H groups in total. The lowest BCUT2D eigenvalue weighted by Gasteiger charge is -2.13. The fourth-order valence-electron chi connectivity index (χ4n) is 2.32. The molecule has 3 rings (SSSR count). The fraction of sp³-hybridized carbons (Fsp3) is 0.357. The minimum absolute atomic E-state index is 0.0751. The van der Waals surface area contributed by atoms with Crippen molar-refractivity contribution in [2.24, 2.45) is 5.73 Å². The van der Waals surface area contributed by atoms with Crippen LogP contribution in [0.4, 0.5) is 0 Å². The van der Waals surface area contributed by atoms with Crippen LogP contribution in [-0.4, -0.2) is 44.9 Å². The summed E-state index contributed by atoms with van der Waals surface area (Å²) < 4.78 is 1.61. The predicted octanol–water partition coefficient (Wildman–Crippen LogP) is 0.749. The van der Waals surface area contributed by atoms with Crippen molar-refractivity contribution in [3.63, 3.8) is 0 Å². The highest BCUT2D eigenvalue weighted by molar-refractivity contribution is 5.92. The summed E-state index contributed by atoms with van der Waals surface area (Å²) in [6.45, 7) is 3.31. The maximum absolute atomic E-state index is 12.2. The molecular formula is C14H17N5O. The summed E-state index contributed by atoms with van der Waals surface area (Å²) in [6, 6.07) is 7.97. The van der Waals surface area contributed by atoms with Gasteiger partial charge in [-0.25, -0.2) is 4.68 Å². The molecule has 0 radical (unpaired) electrons. The summed E-state index contributed by atoms with van der Waals surface area (Å²) in [5.74, 6) is -0.101. The molecule has 1 atom stereocenters. The van der Waals surface area contributed by atoms with Gasteiger partial charge in [-0.3, -0.25) is 4.79 Å². The van der Waals surface area contributed by atoms with E-state index in [1.165, 1.54) is 5.56 Å². The normalized spacial score (nSPS) is 18.5. The quantitative estimate of drug-likeness (QED) is 0.874. The van der Waals surface area contributed by atoms with Gasteiger partial charge in [-0.05, 0) is 25.5 Å². The largest absolute Gasteiger partial charge is 0.336 e. The highest BCUT2D eigenvalue weighted by atomic mass is 16.2. The number of benzene rings is 1. The average Bonchev–Trinajstić information content (AvgIpc) is 3.08. The summed E-state index contributed by atoms with van der Waals surface area (Å²) in [5, 5.41) is 7.98. The molecular weight excluding hydrogens is 254 g/mol. The Labute approximate surface area is 117 Å². The van der Waals surface area contributed by atoms with Gasteiger partial charge in [0, 0.05) is 19.1 Å². The highest BCUT2D eigenvalue weighted by Gasteiger charge is 2.26. The van der Waals surface area contributed by atoms with Crippen LogP contribution in [0, 0.1) is 6.92 Å². The van der Waals surface area contributed by atoms with E-state index in [1.54, 1.807) is 15.8 Å². The molecule has 2 heterocycles. The Hall–Kier alpha value is -2.21. The zero-order valence-corrected chi connectivity index (χ0v) is 11.4. The number of likely N-dealkylation sites (tertiary alicyclic amines) is 1. The molecule has 104 valence electrons. The first kappa shape index (κ1) is 12.8. The highest BCUT2D eigenvalue weighted by Crippen LogP contribution is 2.13. The molecule has 2 aromatic rings. The second-order valence-corrected chi connectivity index (χ2v) is 5.18. The van der Waals surface area contributed by atoms with Gasteiger partial charge in [0.05, 0.1) is 11.9 Å². The van der Waals surface area contributed by atoms with E-state index in [4.69, 9.17) is 5.73 Å². The van der Waals surface area contributed by atoms with Crippen molar-refractivity contribution in [3.8, 4) is 5.69 Å². The minimum Gasteiger partial charge on any atom is -0.336 e. The van der Waals surface area contributed by atoms with Gasteiger partial charge in [0.15, 0.2) is 5.69 Å². The zero-order valence-electron chi connectivity index (χ0n) is 11.4. The Balaban J connectivity index is 1.79. The van der Waals surface area contributed by atoms with Crippen molar-refractivity contribution in [2.45, 2.75) is 19.4 Å². The average molecular weight is 271 g/mol. The molecule has 1 saturated heterocycles. The number of nitrogens with zero attached hydrogens (tertiary/aromatic N) is 4. The van der Waals surface area contributed by atoms with Gasteiger partial charge in [0.25, 0.3) is 5.91 Å². The van der Waals surface area contributed by atoms with Crippen LogP contribution >= 0.6 is 0 Å². The molecule has 0 unspecified atom stereocenters. The van der Waals surface area contributed by atoms with Crippen LogP contribution in [0.15, 0.2) is 30.5 Å². The number of aryl methyl sites for hydroxylation is 1. The zero-order chi connectivity index (χ0) is 14.1. The van der Waals surface area contributed by atoms with Crippen molar-refractivity contribution in [2.75, 3.05) is 13.1 Å². The Bertz CT molecular complexity index is 619. The third-order valence-electron chi connectivity index (χ3n) is 3.52. The Morgan fingerprint density at radius 1 is 1.35 bits per heavy atom. The second kappa shape index (κ2) is 5.05. The molecule has 6 nitrogen and oxygen atoms in total. The lowest BCUT2D eigenvalue weighted by molar-refractivity contribution is 0.0785. The Morgan fingerprint density at radius 2 is 2.10 bits per heavy atom. The summed E-state index contributed by atoms with van der Waals surface area (Å²) in [6.07, 6.45) is 2.51. The van der Waals surface area contributed by atoms with Gasteiger partial charge < -0.3 is 10.6 Å². The first-order chi connectivity index (χ1) is 9.63. The SMILES string of the molecule is Cc1ccc(-n2cc(C(=O)N3CC[C@H](N)C3)nn2)cc1. The molecule has 1 aliphatic rings. The molecule has 1 fully saturated rings. The number of nitrogens with two attached hydrogens (primary N) is 1. The molecule has 0 bridgehead atoms. The Kier molecular flexibility index (Phi) is 3.23. The van der Waals surface area contributed by atoms with Gasteiger partial charge in [-0.2, -0.15) is 0 Å². The van der Waals surface area contributed by atoms with Crippen LogP contribution < -0.4 is 5.73 Å². The number of rotatable bonds is 2.